The van der Waals surface area contributed by atoms with Crippen LogP contribution in [0.5, 0.6) is 0 Å². The van der Waals surface area contributed by atoms with Gasteiger partial charge in [-0.15, -0.1) is 11.3 Å². The Labute approximate surface area is 162 Å². The van der Waals surface area contributed by atoms with Crippen molar-refractivity contribution in [2.45, 2.75) is 6.54 Å². The smallest absolute Gasteiger partial charge is 0.260 e. The van der Waals surface area contributed by atoms with Gasteiger partial charge in [-0.25, -0.2) is 9.37 Å². The van der Waals surface area contributed by atoms with E-state index in [9.17, 15) is 9.18 Å². The number of nitriles is 1. The Morgan fingerprint density at radius 1 is 1.22 bits per heavy atom. The van der Waals surface area contributed by atoms with Gasteiger partial charge in [0.1, 0.15) is 5.82 Å². The Hall–Kier alpha value is -3.15. The third kappa shape index (κ3) is 3.56. The number of aromatic nitrogens is 2. The molecule has 0 radical (unpaired) electrons. The lowest BCUT2D eigenvalue weighted by molar-refractivity contribution is 0.0985. The quantitative estimate of drug-likeness (QED) is 0.507. The number of thiazole rings is 2. The first kappa shape index (κ1) is 17.3. The minimum absolute atomic E-state index is 0.243. The van der Waals surface area contributed by atoms with Crippen molar-refractivity contribution >= 4 is 43.9 Å². The number of anilines is 1. The number of benzene rings is 2. The summed E-state index contributed by atoms with van der Waals surface area (Å²) in [7, 11) is 0. The van der Waals surface area contributed by atoms with Crippen molar-refractivity contribution in [1.29, 1.82) is 5.26 Å². The molecule has 0 aliphatic rings. The molecule has 0 bridgehead atoms. The van der Waals surface area contributed by atoms with Gasteiger partial charge in [0.25, 0.3) is 5.91 Å². The topological polar surface area (TPSA) is 69.9 Å². The van der Waals surface area contributed by atoms with Crippen LogP contribution in [-0.4, -0.2) is 15.9 Å². The molecule has 2 heterocycles. The second kappa shape index (κ2) is 7.23. The standard InChI is InChI=1S/C19H11FN4OS2/c20-14-5-6-16-17(7-14)27-19(23-16)24(10-15-9-22-11-26-15)18(25)13-3-1-12(8-21)2-4-13/h1-7,9,11H,10H2. The maximum atomic E-state index is 13.5. The zero-order chi connectivity index (χ0) is 18.8. The van der Waals surface area contributed by atoms with Crippen LogP contribution in [0.2, 0.25) is 0 Å². The van der Waals surface area contributed by atoms with Crippen molar-refractivity contribution in [3.05, 3.63) is 76.0 Å². The van der Waals surface area contributed by atoms with E-state index in [-0.39, 0.29) is 11.7 Å². The maximum Gasteiger partial charge on any atom is 0.260 e. The molecule has 4 aromatic rings. The van der Waals surface area contributed by atoms with E-state index >= 15 is 0 Å². The summed E-state index contributed by atoms with van der Waals surface area (Å²) < 4.78 is 14.2. The lowest BCUT2D eigenvalue weighted by Gasteiger charge is -2.19. The lowest BCUT2D eigenvalue weighted by atomic mass is 10.1. The van der Waals surface area contributed by atoms with E-state index in [1.54, 1.807) is 46.9 Å². The van der Waals surface area contributed by atoms with Crippen LogP contribution in [0.4, 0.5) is 9.52 Å². The van der Waals surface area contributed by atoms with Gasteiger partial charge >= 0.3 is 0 Å². The number of halogens is 1. The molecule has 0 spiro atoms. The molecule has 4 rings (SSSR count). The van der Waals surface area contributed by atoms with Gasteiger partial charge in [-0.05, 0) is 42.5 Å². The molecule has 0 aliphatic heterocycles. The predicted molar refractivity (Wildman–Crippen MR) is 103 cm³/mol. The third-order valence-corrected chi connectivity index (χ3v) is 5.68. The Morgan fingerprint density at radius 2 is 2.04 bits per heavy atom. The van der Waals surface area contributed by atoms with Gasteiger partial charge in [0.05, 0.1) is 33.9 Å². The molecule has 0 saturated heterocycles. The van der Waals surface area contributed by atoms with Gasteiger partial charge in [-0.1, -0.05) is 11.3 Å². The predicted octanol–water partition coefficient (Wildman–Crippen LogP) is 4.61. The van der Waals surface area contributed by atoms with E-state index in [2.05, 4.69) is 9.97 Å². The SMILES string of the molecule is N#Cc1ccc(C(=O)N(Cc2cncs2)c2nc3ccc(F)cc3s2)cc1. The number of hydrogen-bond donors (Lipinski definition) is 0. The van der Waals surface area contributed by atoms with Crippen LogP contribution in [0.25, 0.3) is 10.2 Å². The Kier molecular flexibility index (Phi) is 4.62. The molecule has 0 N–H and O–H groups in total. The molecule has 0 atom stereocenters. The van der Waals surface area contributed by atoms with Crippen LogP contribution in [0.3, 0.4) is 0 Å². The van der Waals surface area contributed by atoms with Gasteiger partial charge in [0, 0.05) is 16.6 Å². The van der Waals surface area contributed by atoms with Crippen LogP contribution in [0.1, 0.15) is 20.8 Å². The van der Waals surface area contributed by atoms with Crippen molar-refractivity contribution in [3.63, 3.8) is 0 Å². The van der Waals surface area contributed by atoms with Gasteiger partial charge in [0.2, 0.25) is 0 Å². The van der Waals surface area contributed by atoms with Gasteiger partial charge in [0.15, 0.2) is 5.13 Å². The van der Waals surface area contributed by atoms with Gasteiger partial charge in [-0.3, -0.25) is 14.7 Å². The number of fused-ring (bicyclic) bond motifs is 1. The molecule has 1 amide bonds. The molecule has 2 aromatic carbocycles. The van der Waals surface area contributed by atoms with Crippen molar-refractivity contribution < 1.29 is 9.18 Å². The summed E-state index contributed by atoms with van der Waals surface area (Å²) in [6.45, 7) is 0.311. The van der Waals surface area contributed by atoms with E-state index in [0.29, 0.717) is 33.0 Å². The van der Waals surface area contributed by atoms with Gasteiger partial charge in [-0.2, -0.15) is 5.26 Å². The summed E-state index contributed by atoms with van der Waals surface area (Å²) in [6.07, 6.45) is 1.71. The zero-order valence-corrected chi connectivity index (χ0v) is 15.4. The van der Waals surface area contributed by atoms with E-state index < -0.39 is 0 Å². The van der Waals surface area contributed by atoms with Gasteiger partial charge < -0.3 is 0 Å². The van der Waals surface area contributed by atoms with Crippen LogP contribution >= 0.6 is 22.7 Å². The molecule has 0 unspecified atom stereocenters. The second-order valence-electron chi connectivity index (χ2n) is 5.66. The number of carbonyl (C=O) groups excluding carboxylic acids is 1. The van der Waals surface area contributed by atoms with E-state index in [0.717, 1.165) is 4.88 Å². The average Bonchev–Trinajstić information content (AvgIpc) is 3.34. The molecule has 0 fully saturated rings. The summed E-state index contributed by atoms with van der Waals surface area (Å²) in [5, 5.41) is 9.42. The van der Waals surface area contributed by atoms with Crippen molar-refractivity contribution in [3.8, 4) is 6.07 Å². The fraction of sp³-hybridized carbons (Fsp3) is 0.0526. The monoisotopic (exact) mass is 394 g/mol. The van der Waals surface area contributed by atoms with E-state index in [1.165, 1.54) is 34.8 Å². The molecule has 27 heavy (non-hydrogen) atoms. The molecule has 8 heteroatoms. The van der Waals surface area contributed by atoms with Crippen LogP contribution in [-0.2, 0) is 6.54 Å². The summed E-state index contributed by atoms with van der Waals surface area (Å²) in [5.74, 6) is -0.586. The number of rotatable bonds is 4. The van der Waals surface area contributed by atoms with Crippen LogP contribution in [0, 0.1) is 17.1 Å². The first-order valence-corrected chi connectivity index (χ1v) is 9.59. The largest absolute Gasteiger partial charge is 0.279 e. The first-order valence-electron chi connectivity index (χ1n) is 7.89. The minimum Gasteiger partial charge on any atom is -0.279 e. The normalized spacial score (nSPS) is 10.7. The number of carbonyl (C=O) groups is 1. The maximum absolute atomic E-state index is 13.5. The number of hydrogen-bond acceptors (Lipinski definition) is 6. The lowest BCUT2D eigenvalue weighted by Crippen LogP contribution is -2.30. The number of amides is 1. The van der Waals surface area contributed by atoms with Crippen LogP contribution < -0.4 is 4.90 Å². The first-order chi connectivity index (χ1) is 13.1. The highest BCUT2D eigenvalue weighted by atomic mass is 32.1. The van der Waals surface area contributed by atoms with Crippen molar-refractivity contribution in [2.24, 2.45) is 0 Å². The fourth-order valence-corrected chi connectivity index (χ4v) is 4.12. The molecule has 132 valence electrons. The molecule has 0 saturated carbocycles. The summed E-state index contributed by atoms with van der Waals surface area (Å²) in [5.41, 5.74) is 3.27. The van der Waals surface area contributed by atoms with E-state index in [4.69, 9.17) is 5.26 Å². The average molecular weight is 394 g/mol. The molecular formula is C19H11FN4OS2. The fourth-order valence-electron chi connectivity index (χ4n) is 2.55. The van der Waals surface area contributed by atoms with E-state index in [1.807, 2.05) is 6.07 Å². The van der Waals surface area contributed by atoms with Crippen molar-refractivity contribution in [1.82, 2.24) is 9.97 Å². The summed E-state index contributed by atoms with van der Waals surface area (Å²) in [4.78, 5) is 24.2. The Morgan fingerprint density at radius 3 is 2.74 bits per heavy atom. The summed E-state index contributed by atoms with van der Waals surface area (Å²) in [6, 6.07) is 12.8. The van der Waals surface area contributed by atoms with Crippen LogP contribution in [0.15, 0.2) is 54.2 Å². The van der Waals surface area contributed by atoms with Crippen molar-refractivity contribution in [2.75, 3.05) is 4.90 Å². The molecule has 5 nitrogen and oxygen atoms in total. The third-order valence-electron chi connectivity index (χ3n) is 3.87. The summed E-state index contributed by atoms with van der Waals surface area (Å²) >= 11 is 2.70. The Bertz CT molecular complexity index is 1150. The molecule has 0 aliphatic carbocycles. The molecular weight excluding hydrogens is 383 g/mol. The number of nitrogens with zero attached hydrogens (tertiary/aromatic N) is 4. The Balaban J connectivity index is 1.75. The molecule has 2 aromatic heterocycles. The second-order valence-corrected chi connectivity index (χ2v) is 7.64. The minimum atomic E-state index is -0.342. The highest BCUT2D eigenvalue weighted by Gasteiger charge is 2.22. The highest BCUT2D eigenvalue weighted by Crippen LogP contribution is 2.31. The zero-order valence-electron chi connectivity index (χ0n) is 13.8. The highest BCUT2D eigenvalue weighted by molar-refractivity contribution is 7.22.